The maximum Gasteiger partial charge on any atom is 0.227 e. The summed E-state index contributed by atoms with van der Waals surface area (Å²) in [7, 11) is 0. The van der Waals surface area contributed by atoms with E-state index in [1.807, 2.05) is 54.6 Å². The molecule has 0 spiro atoms. The molecule has 1 aliphatic heterocycles. The maximum absolute atomic E-state index is 12.2. The van der Waals surface area contributed by atoms with Gasteiger partial charge in [-0.1, -0.05) is 54.6 Å². The molecule has 0 saturated heterocycles. The van der Waals surface area contributed by atoms with Crippen LogP contribution in [-0.4, -0.2) is 5.78 Å². The lowest BCUT2D eigenvalue weighted by Gasteiger charge is -2.18. The van der Waals surface area contributed by atoms with E-state index < -0.39 is 0 Å². The second-order valence-corrected chi connectivity index (χ2v) is 4.19. The number of rotatable bonds is 1. The zero-order valence-electron chi connectivity index (χ0n) is 9.80. The number of carbonyl (C=O) groups is 1. The highest BCUT2D eigenvalue weighted by atomic mass is 16.5. The average Bonchev–Trinajstić information content (AvgIpc) is 2.43. The van der Waals surface area contributed by atoms with Crippen molar-refractivity contribution in [1.29, 1.82) is 0 Å². The van der Waals surface area contributed by atoms with E-state index >= 15 is 0 Å². The Labute approximate surface area is 106 Å². The van der Waals surface area contributed by atoms with Crippen molar-refractivity contribution in [3.8, 4) is 0 Å². The van der Waals surface area contributed by atoms with Gasteiger partial charge in [0.1, 0.15) is 6.61 Å². The van der Waals surface area contributed by atoms with Crippen LogP contribution in [0.3, 0.4) is 0 Å². The van der Waals surface area contributed by atoms with Crippen molar-refractivity contribution in [2.24, 2.45) is 0 Å². The molecule has 88 valence electrons. The summed E-state index contributed by atoms with van der Waals surface area (Å²) < 4.78 is 5.53. The van der Waals surface area contributed by atoms with Crippen molar-refractivity contribution < 1.29 is 9.53 Å². The van der Waals surface area contributed by atoms with Gasteiger partial charge >= 0.3 is 0 Å². The lowest BCUT2D eigenvalue weighted by Crippen LogP contribution is -2.16. The van der Waals surface area contributed by atoms with Crippen molar-refractivity contribution in [2.75, 3.05) is 0 Å². The number of Topliss-reactive ketones (excluding diaryl/α,β-unsaturated/α-hetero) is 1. The monoisotopic (exact) mass is 236 g/mol. The minimum Gasteiger partial charge on any atom is -0.485 e. The SMILES string of the molecule is O=C1/C(=C/c2ccccc2)OCc2ccccc21. The molecule has 0 bridgehead atoms. The van der Waals surface area contributed by atoms with Crippen LogP contribution in [0.25, 0.3) is 6.08 Å². The molecule has 0 unspecified atom stereocenters. The summed E-state index contributed by atoms with van der Waals surface area (Å²) in [6.07, 6.45) is 1.79. The van der Waals surface area contributed by atoms with E-state index in [-0.39, 0.29) is 5.78 Å². The van der Waals surface area contributed by atoms with E-state index in [9.17, 15) is 4.79 Å². The number of ether oxygens (including phenoxy) is 1. The smallest absolute Gasteiger partial charge is 0.227 e. The number of ketones is 1. The largest absolute Gasteiger partial charge is 0.485 e. The van der Waals surface area contributed by atoms with Crippen LogP contribution in [0.5, 0.6) is 0 Å². The summed E-state index contributed by atoms with van der Waals surface area (Å²) in [5.74, 6) is 0.376. The first-order valence-electron chi connectivity index (χ1n) is 5.87. The predicted molar refractivity (Wildman–Crippen MR) is 70.0 cm³/mol. The first-order valence-corrected chi connectivity index (χ1v) is 5.87. The molecule has 2 aromatic carbocycles. The molecule has 0 saturated carbocycles. The molecule has 2 aromatic rings. The Morgan fingerprint density at radius 2 is 1.67 bits per heavy atom. The van der Waals surface area contributed by atoms with Gasteiger partial charge < -0.3 is 4.74 Å². The van der Waals surface area contributed by atoms with Crippen molar-refractivity contribution in [2.45, 2.75) is 6.61 Å². The molecule has 0 amide bonds. The van der Waals surface area contributed by atoms with Crippen LogP contribution in [0.1, 0.15) is 21.5 Å². The van der Waals surface area contributed by atoms with Gasteiger partial charge in [0.25, 0.3) is 0 Å². The Hall–Kier alpha value is -2.35. The van der Waals surface area contributed by atoms with E-state index in [2.05, 4.69) is 0 Å². The molecule has 0 aromatic heterocycles. The molecule has 2 nitrogen and oxygen atoms in total. The van der Waals surface area contributed by atoms with E-state index in [1.165, 1.54) is 0 Å². The third-order valence-corrected chi connectivity index (χ3v) is 2.97. The van der Waals surface area contributed by atoms with Gasteiger partial charge in [-0.2, -0.15) is 0 Å². The van der Waals surface area contributed by atoms with Gasteiger partial charge in [0.15, 0.2) is 5.76 Å². The second-order valence-electron chi connectivity index (χ2n) is 4.19. The van der Waals surface area contributed by atoms with Crippen LogP contribution in [0.15, 0.2) is 60.4 Å². The quantitative estimate of drug-likeness (QED) is 0.709. The Bertz CT molecular complexity index is 612. The average molecular weight is 236 g/mol. The Morgan fingerprint density at radius 3 is 2.50 bits per heavy atom. The number of benzene rings is 2. The van der Waals surface area contributed by atoms with Crippen molar-refractivity contribution >= 4 is 11.9 Å². The molecule has 0 radical (unpaired) electrons. The minimum absolute atomic E-state index is 0.0410. The van der Waals surface area contributed by atoms with Crippen LogP contribution < -0.4 is 0 Å². The molecular weight excluding hydrogens is 224 g/mol. The highest BCUT2D eigenvalue weighted by molar-refractivity contribution is 6.11. The number of allylic oxidation sites excluding steroid dienone is 1. The highest BCUT2D eigenvalue weighted by Gasteiger charge is 2.22. The molecule has 0 aliphatic carbocycles. The number of fused-ring (bicyclic) bond motifs is 1. The number of carbonyl (C=O) groups excluding carboxylic acids is 1. The van der Waals surface area contributed by atoms with Gasteiger partial charge in [-0.15, -0.1) is 0 Å². The molecule has 0 N–H and O–H groups in total. The Kier molecular flexibility index (Phi) is 2.69. The van der Waals surface area contributed by atoms with E-state index in [1.54, 1.807) is 6.08 Å². The van der Waals surface area contributed by atoms with Crippen LogP contribution in [0.2, 0.25) is 0 Å². The fraction of sp³-hybridized carbons (Fsp3) is 0.0625. The van der Waals surface area contributed by atoms with Crippen molar-refractivity contribution in [3.05, 3.63) is 77.0 Å². The fourth-order valence-corrected chi connectivity index (χ4v) is 2.03. The van der Waals surface area contributed by atoms with Crippen molar-refractivity contribution in [1.82, 2.24) is 0 Å². The molecule has 0 atom stereocenters. The van der Waals surface area contributed by atoms with Crippen LogP contribution in [0.4, 0.5) is 0 Å². The molecule has 1 aliphatic rings. The van der Waals surface area contributed by atoms with E-state index in [4.69, 9.17) is 4.74 Å². The standard InChI is InChI=1S/C16H12O2/c17-16-14-9-5-4-8-13(14)11-18-15(16)10-12-6-2-1-3-7-12/h1-10H,11H2/b15-10-. The molecule has 3 rings (SSSR count). The molecule has 1 heterocycles. The Balaban J connectivity index is 1.98. The van der Waals surface area contributed by atoms with Crippen LogP contribution >= 0.6 is 0 Å². The summed E-state index contributed by atoms with van der Waals surface area (Å²) in [6, 6.07) is 17.3. The second kappa shape index (κ2) is 4.49. The maximum atomic E-state index is 12.2. The zero-order valence-corrected chi connectivity index (χ0v) is 9.80. The summed E-state index contributed by atoms with van der Waals surface area (Å²) in [5, 5.41) is 0. The zero-order chi connectivity index (χ0) is 12.4. The van der Waals surface area contributed by atoms with Gasteiger partial charge in [0.05, 0.1) is 0 Å². The fourth-order valence-electron chi connectivity index (χ4n) is 2.03. The minimum atomic E-state index is -0.0410. The van der Waals surface area contributed by atoms with E-state index in [0.29, 0.717) is 12.4 Å². The van der Waals surface area contributed by atoms with Gasteiger partial charge in [-0.3, -0.25) is 4.79 Å². The van der Waals surface area contributed by atoms with Crippen LogP contribution in [-0.2, 0) is 11.3 Å². The molecular formula is C16H12O2. The van der Waals surface area contributed by atoms with Gasteiger partial charge in [0, 0.05) is 11.1 Å². The summed E-state index contributed by atoms with van der Waals surface area (Å²) in [4.78, 5) is 12.2. The third kappa shape index (κ3) is 1.93. The topological polar surface area (TPSA) is 26.3 Å². The number of hydrogen-bond donors (Lipinski definition) is 0. The molecule has 2 heteroatoms. The Morgan fingerprint density at radius 1 is 0.944 bits per heavy atom. The molecule has 0 fully saturated rings. The lowest BCUT2D eigenvalue weighted by atomic mass is 9.99. The first-order chi connectivity index (χ1) is 8.84. The summed E-state index contributed by atoms with van der Waals surface area (Å²) in [6.45, 7) is 0.459. The lowest BCUT2D eigenvalue weighted by molar-refractivity contribution is 0.0871. The predicted octanol–water partition coefficient (Wildman–Crippen LogP) is 3.44. The summed E-state index contributed by atoms with van der Waals surface area (Å²) in [5.41, 5.74) is 2.67. The van der Waals surface area contributed by atoms with Crippen molar-refractivity contribution in [3.63, 3.8) is 0 Å². The number of hydrogen-bond acceptors (Lipinski definition) is 2. The van der Waals surface area contributed by atoms with Gasteiger partial charge in [0.2, 0.25) is 5.78 Å². The molecule has 18 heavy (non-hydrogen) atoms. The summed E-state index contributed by atoms with van der Waals surface area (Å²) >= 11 is 0. The van der Waals surface area contributed by atoms with Gasteiger partial charge in [-0.05, 0) is 11.6 Å². The van der Waals surface area contributed by atoms with E-state index in [0.717, 1.165) is 16.7 Å². The third-order valence-electron chi connectivity index (χ3n) is 2.97. The van der Waals surface area contributed by atoms with Crippen LogP contribution in [0, 0.1) is 0 Å². The highest BCUT2D eigenvalue weighted by Crippen LogP contribution is 2.24. The van der Waals surface area contributed by atoms with Gasteiger partial charge in [-0.25, -0.2) is 0 Å². The first kappa shape index (κ1) is 10.8. The normalized spacial score (nSPS) is 16.2.